The van der Waals surface area contributed by atoms with E-state index < -0.39 is 17.2 Å². The summed E-state index contributed by atoms with van der Waals surface area (Å²) < 4.78 is 1.36. The number of anilines is 1. The van der Waals surface area contributed by atoms with Crippen LogP contribution in [0.15, 0.2) is 52.3 Å². The molecule has 4 rings (SSSR count). The predicted octanol–water partition coefficient (Wildman–Crippen LogP) is 2.87. The minimum Gasteiger partial charge on any atom is -0.345 e. The van der Waals surface area contributed by atoms with Gasteiger partial charge in [0.2, 0.25) is 0 Å². The van der Waals surface area contributed by atoms with Crippen molar-refractivity contribution in [3.8, 4) is 11.4 Å². The van der Waals surface area contributed by atoms with Crippen LogP contribution in [-0.2, 0) is 6.54 Å². The molecule has 3 N–H and O–H groups in total. The number of nitrogens with zero attached hydrogens (tertiary/aromatic N) is 3. The third-order valence-corrected chi connectivity index (χ3v) is 5.04. The molecule has 9 nitrogen and oxygen atoms in total. The summed E-state index contributed by atoms with van der Waals surface area (Å²) in [5.41, 5.74) is 1.27. The molecule has 0 radical (unpaired) electrons. The summed E-state index contributed by atoms with van der Waals surface area (Å²) in [5, 5.41) is 2.92. The normalized spacial score (nSPS) is 11.2. The van der Waals surface area contributed by atoms with Crippen LogP contribution in [0.4, 0.5) is 5.69 Å². The van der Waals surface area contributed by atoms with Gasteiger partial charge in [0.1, 0.15) is 5.82 Å². The number of fused-ring (bicyclic) bond motifs is 1. The molecule has 0 fully saturated rings. The number of hydrogen-bond donors (Lipinski definition) is 3. The molecule has 9 heteroatoms. The summed E-state index contributed by atoms with van der Waals surface area (Å²) in [7, 11) is 0. The Hall–Kier alpha value is -4.01. The first-order valence-electron chi connectivity index (χ1n) is 9.98. The highest BCUT2D eigenvalue weighted by Gasteiger charge is 2.20. The number of amides is 1. The van der Waals surface area contributed by atoms with Crippen LogP contribution in [0.25, 0.3) is 22.4 Å². The summed E-state index contributed by atoms with van der Waals surface area (Å²) in [4.78, 5) is 52.0. The second-order valence-corrected chi connectivity index (χ2v) is 7.42. The first kappa shape index (κ1) is 20.3. The lowest BCUT2D eigenvalue weighted by Crippen LogP contribution is -2.32. The summed E-state index contributed by atoms with van der Waals surface area (Å²) >= 11 is 0. The van der Waals surface area contributed by atoms with Crippen LogP contribution in [0.3, 0.4) is 0 Å². The molecule has 0 atom stereocenters. The van der Waals surface area contributed by atoms with Crippen LogP contribution in [0.2, 0.25) is 0 Å². The largest absolute Gasteiger partial charge is 0.345 e. The Morgan fingerprint density at radius 2 is 1.94 bits per heavy atom. The van der Waals surface area contributed by atoms with Crippen molar-refractivity contribution >= 4 is 22.6 Å². The van der Waals surface area contributed by atoms with Crippen molar-refractivity contribution < 1.29 is 4.79 Å². The van der Waals surface area contributed by atoms with E-state index >= 15 is 0 Å². The predicted molar refractivity (Wildman–Crippen MR) is 118 cm³/mol. The first-order chi connectivity index (χ1) is 14.9. The minimum atomic E-state index is -0.633. The lowest BCUT2D eigenvalue weighted by molar-refractivity contribution is 0.102. The smallest absolute Gasteiger partial charge is 0.329 e. The maximum atomic E-state index is 13.2. The van der Waals surface area contributed by atoms with Gasteiger partial charge in [-0.2, -0.15) is 0 Å². The highest BCUT2D eigenvalue weighted by Crippen LogP contribution is 2.22. The Bertz CT molecular complexity index is 1370. The highest BCUT2D eigenvalue weighted by atomic mass is 16.2. The fourth-order valence-electron chi connectivity index (χ4n) is 3.39. The van der Waals surface area contributed by atoms with Gasteiger partial charge in [-0.05, 0) is 43.2 Å². The maximum absolute atomic E-state index is 13.2. The zero-order chi connectivity index (χ0) is 22.1. The molecule has 1 aromatic carbocycles. The van der Waals surface area contributed by atoms with E-state index in [-0.39, 0.29) is 22.5 Å². The number of aryl methyl sites for hydroxylation is 1. The summed E-state index contributed by atoms with van der Waals surface area (Å²) in [6.45, 7) is 5.97. The maximum Gasteiger partial charge on any atom is 0.329 e. The van der Waals surface area contributed by atoms with Gasteiger partial charge in [-0.25, -0.2) is 14.8 Å². The second kappa shape index (κ2) is 8.02. The van der Waals surface area contributed by atoms with Crippen molar-refractivity contribution in [1.29, 1.82) is 0 Å². The Balaban J connectivity index is 1.78. The molecule has 0 spiro atoms. The molecule has 1 amide bonds. The number of benzene rings is 1. The van der Waals surface area contributed by atoms with Crippen molar-refractivity contribution in [2.75, 3.05) is 5.32 Å². The average molecular weight is 418 g/mol. The molecular weight excluding hydrogens is 396 g/mol. The van der Waals surface area contributed by atoms with Gasteiger partial charge in [0.15, 0.2) is 5.65 Å². The summed E-state index contributed by atoms with van der Waals surface area (Å²) in [6, 6.07) is 8.79. The Labute approximate surface area is 177 Å². The van der Waals surface area contributed by atoms with Gasteiger partial charge in [0, 0.05) is 35.9 Å². The molecule has 0 saturated heterocycles. The van der Waals surface area contributed by atoms with Crippen LogP contribution in [0.1, 0.15) is 42.7 Å². The number of pyridine rings is 1. The number of H-pyrrole nitrogens is 2. The van der Waals surface area contributed by atoms with Crippen LogP contribution < -0.4 is 16.6 Å². The molecule has 158 valence electrons. The van der Waals surface area contributed by atoms with Crippen LogP contribution in [-0.4, -0.2) is 30.4 Å². The molecule has 3 aromatic heterocycles. The van der Waals surface area contributed by atoms with E-state index in [9.17, 15) is 14.4 Å². The molecular formula is C22H22N6O3. The van der Waals surface area contributed by atoms with E-state index in [0.29, 0.717) is 17.9 Å². The van der Waals surface area contributed by atoms with E-state index in [4.69, 9.17) is 0 Å². The number of hydrogen-bond acceptors (Lipinski definition) is 5. The number of carbonyl (C=O) groups excluding carboxylic acids is 1. The van der Waals surface area contributed by atoms with Crippen LogP contribution in [0, 0.1) is 0 Å². The number of carbonyl (C=O) groups is 1. The molecule has 0 unspecified atom stereocenters. The number of rotatable bonds is 5. The van der Waals surface area contributed by atoms with Crippen molar-refractivity contribution in [3.05, 3.63) is 74.8 Å². The number of aromatic amines is 2. The van der Waals surface area contributed by atoms with Crippen LogP contribution >= 0.6 is 0 Å². The van der Waals surface area contributed by atoms with Gasteiger partial charge in [-0.3, -0.25) is 19.1 Å². The fourth-order valence-corrected chi connectivity index (χ4v) is 3.39. The third kappa shape index (κ3) is 3.77. The van der Waals surface area contributed by atoms with E-state index in [2.05, 4.69) is 25.3 Å². The molecule has 0 aliphatic heterocycles. The van der Waals surface area contributed by atoms with Gasteiger partial charge in [0.25, 0.3) is 11.5 Å². The monoisotopic (exact) mass is 418 g/mol. The quantitative estimate of drug-likeness (QED) is 0.459. The molecule has 4 aromatic rings. The SMILES string of the molecule is CCn1c(=O)[nH]c(=O)c2c(C(=O)Nc3ccc(-c4ncc[nH]4)cc3)cc(C(C)C)nc21. The first-order valence-corrected chi connectivity index (χ1v) is 9.98. The van der Waals surface area contributed by atoms with E-state index in [1.54, 1.807) is 37.5 Å². The minimum absolute atomic E-state index is 0.00299. The van der Waals surface area contributed by atoms with E-state index in [1.165, 1.54) is 4.57 Å². The summed E-state index contributed by atoms with van der Waals surface area (Å²) in [6.07, 6.45) is 3.40. The van der Waals surface area contributed by atoms with E-state index in [1.807, 2.05) is 26.0 Å². The Morgan fingerprint density at radius 1 is 1.19 bits per heavy atom. The fraction of sp³-hybridized carbons (Fsp3) is 0.227. The van der Waals surface area contributed by atoms with Gasteiger partial charge in [-0.15, -0.1) is 0 Å². The number of aromatic nitrogens is 5. The summed E-state index contributed by atoms with van der Waals surface area (Å²) in [5.74, 6) is 0.277. The van der Waals surface area contributed by atoms with Gasteiger partial charge < -0.3 is 10.3 Å². The lowest BCUT2D eigenvalue weighted by Gasteiger charge is -2.14. The molecule has 0 aliphatic rings. The van der Waals surface area contributed by atoms with E-state index in [0.717, 1.165) is 11.4 Å². The van der Waals surface area contributed by atoms with Crippen LogP contribution in [0.5, 0.6) is 0 Å². The molecule has 3 heterocycles. The number of nitrogens with one attached hydrogen (secondary N) is 3. The second-order valence-electron chi connectivity index (χ2n) is 7.42. The zero-order valence-electron chi connectivity index (χ0n) is 17.4. The van der Waals surface area contributed by atoms with Gasteiger partial charge in [-0.1, -0.05) is 13.8 Å². The molecule has 0 saturated carbocycles. The average Bonchev–Trinajstić information content (AvgIpc) is 3.28. The van der Waals surface area contributed by atoms with Gasteiger partial charge >= 0.3 is 5.69 Å². The number of imidazole rings is 1. The lowest BCUT2D eigenvalue weighted by atomic mass is 10.0. The van der Waals surface area contributed by atoms with Crippen molar-refractivity contribution in [3.63, 3.8) is 0 Å². The zero-order valence-corrected chi connectivity index (χ0v) is 17.4. The standard InChI is InChI=1S/C22H22N6O3/c1-4-28-19-17(21(30)27-22(28)31)15(11-16(26-19)12(2)3)20(29)25-14-7-5-13(6-8-14)18-23-9-10-24-18/h5-12H,4H2,1-3H3,(H,23,24)(H,25,29)(H,27,30,31). The highest BCUT2D eigenvalue weighted by molar-refractivity contribution is 6.11. The Morgan fingerprint density at radius 3 is 2.55 bits per heavy atom. The molecule has 0 aliphatic carbocycles. The topological polar surface area (TPSA) is 126 Å². The molecule has 31 heavy (non-hydrogen) atoms. The Kier molecular flexibility index (Phi) is 5.24. The van der Waals surface area contributed by atoms with Crippen molar-refractivity contribution in [1.82, 2.24) is 24.5 Å². The molecule has 0 bridgehead atoms. The van der Waals surface area contributed by atoms with Crippen molar-refractivity contribution in [2.45, 2.75) is 33.2 Å². The van der Waals surface area contributed by atoms with Crippen molar-refractivity contribution in [2.24, 2.45) is 0 Å². The third-order valence-electron chi connectivity index (χ3n) is 5.04. The van der Waals surface area contributed by atoms with Gasteiger partial charge in [0.05, 0.1) is 10.9 Å².